The SMILES string of the molecule is CC(CNC(=O)c1cc([N+](=O)[O-])ccc1N)N(C)C1CC1. The zero-order valence-electron chi connectivity index (χ0n) is 12.2. The van der Waals surface area contributed by atoms with Crippen molar-refractivity contribution in [2.24, 2.45) is 0 Å². The first kappa shape index (κ1) is 15.2. The molecule has 2 rings (SSSR count). The number of rotatable bonds is 6. The fourth-order valence-electron chi connectivity index (χ4n) is 2.18. The van der Waals surface area contributed by atoms with Crippen molar-refractivity contribution in [3.05, 3.63) is 33.9 Å². The molecule has 1 aliphatic rings. The number of benzene rings is 1. The van der Waals surface area contributed by atoms with E-state index in [-0.39, 0.29) is 28.9 Å². The Morgan fingerprint density at radius 1 is 1.57 bits per heavy atom. The smallest absolute Gasteiger partial charge is 0.270 e. The molecule has 3 N–H and O–H groups in total. The van der Waals surface area contributed by atoms with Gasteiger partial charge >= 0.3 is 0 Å². The van der Waals surface area contributed by atoms with E-state index < -0.39 is 4.92 Å². The van der Waals surface area contributed by atoms with Crippen molar-refractivity contribution in [2.75, 3.05) is 19.3 Å². The number of hydrogen-bond acceptors (Lipinski definition) is 5. The van der Waals surface area contributed by atoms with E-state index in [1.165, 1.54) is 31.0 Å². The van der Waals surface area contributed by atoms with Gasteiger partial charge in [0.1, 0.15) is 0 Å². The van der Waals surface area contributed by atoms with Crippen LogP contribution in [-0.4, -0.2) is 41.4 Å². The third-order valence-electron chi connectivity index (χ3n) is 3.87. The van der Waals surface area contributed by atoms with E-state index in [1.807, 2.05) is 14.0 Å². The molecule has 0 aliphatic heterocycles. The number of anilines is 1. The second-order valence-corrected chi connectivity index (χ2v) is 5.48. The predicted molar refractivity (Wildman–Crippen MR) is 80.1 cm³/mol. The molecule has 21 heavy (non-hydrogen) atoms. The summed E-state index contributed by atoms with van der Waals surface area (Å²) < 4.78 is 0. The summed E-state index contributed by atoms with van der Waals surface area (Å²) in [4.78, 5) is 24.6. The Morgan fingerprint density at radius 3 is 2.81 bits per heavy atom. The number of nitro groups is 1. The Balaban J connectivity index is 1.99. The Kier molecular flexibility index (Phi) is 4.42. The molecule has 1 unspecified atom stereocenters. The van der Waals surface area contributed by atoms with Gasteiger partial charge in [0.15, 0.2) is 0 Å². The minimum absolute atomic E-state index is 0.141. The molecule has 0 spiro atoms. The molecule has 0 radical (unpaired) electrons. The number of carbonyl (C=O) groups is 1. The van der Waals surface area contributed by atoms with Crippen LogP contribution in [0.5, 0.6) is 0 Å². The standard InChI is InChI=1S/C14H20N4O3/c1-9(17(2)10-3-4-10)8-16-14(19)12-7-11(18(20)21)5-6-13(12)15/h5-7,9-10H,3-4,8,15H2,1-2H3,(H,16,19). The highest BCUT2D eigenvalue weighted by molar-refractivity contribution is 5.99. The quantitative estimate of drug-likeness (QED) is 0.468. The monoisotopic (exact) mass is 292 g/mol. The number of nitrogens with one attached hydrogen (secondary N) is 1. The van der Waals surface area contributed by atoms with E-state index in [1.54, 1.807) is 0 Å². The molecule has 1 fully saturated rings. The van der Waals surface area contributed by atoms with E-state index in [0.29, 0.717) is 12.6 Å². The van der Waals surface area contributed by atoms with Crippen molar-refractivity contribution >= 4 is 17.3 Å². The average Bonchev–Trinajstić information content (AvgIpc) is 3.28. The Hall–Kier alpha value is -2.15. The minimum atomic E-state index is -0.542. The summed E-state index contributed by atoms with van der Waals surface area (Å²) in [5.41, 5.74) is 5.96. The summed E-state index contributed by atoms with van der Waals surface area (Å²) in [7, 11) is 2.04. The van der Waals surface area contributed by atoms with Crippen molar-refractivity contribution in [3.63, 3.8) is 0 Å². The highest BCUT2D eigenvalue weighted by Gasteiger charge is 2.29. The lowest BCUT2D eigenvalue weighted by molar-refractivity contribution is -0.384. The van der Waals surface area contributed by atoms with Gasteiger partial charge in [-0.25, -0.2) is 0 Å². The molecule has 1 aliphatic carbocycles. The number of carbonyl (C=O) groups excluding carboxylic acids is 1. The van der Waals surface area contributed by atoms with Gasteiger partial charge in [-0.2, -0.15) is 0 Å². The van der Waals surface area contributed by atoms with Gasteiger partial charge in [-0.05, 0) is 32.9 Å². The number of amides is 1. The third-order valence-corrected chi connectivity index (χ3v) is 3.87. The molecule has 0 heterocycles. The molecule has 1 aromatic carbocycles. The van der Waals surface area contributed by atoms with Crippen LogP contribution in [0.3, 0.4) is 0 Å². The van der Waals surface area contributed by atoms with Crippen molar-refractivity contribution in [1.82, 2.24) is 10.2 Å². The Morgan fingerprint density at radius 2 is 2.24 bits per heavy atom. The number of nitrogen functional groups attached to an aromatic ring is 1. The average molecular weight is 292 g/mol. The molecule has 1 atom stereocenters. The second-order valence-electron chi connectivity index (χ2n) is 5.48. The lowest BCUT2D eigenvalue weighted by Gasteiger charge is -2.24. The third kappa shape index (κ3) is 3.69. The lowest BCUT2D eigenvalue weighted by Crippen LogP contribution is -2.41. The highest BCUT2D eigenvalue weighted by Crippen LogP contribution is 2.26. The molecule has 1 amide bonds. The number of nitrogens with two attached hydrogens (primary N) is 1. The largest absolute Gasteiger partial charge is 0.398 e. The first-order chi connectivity index (χ1) is 9.90. The number of non-ortho nitro benzene ring substituents is 1. The van der Waals surface area contributed by atoms with Gasteiger partial charge in [-0.15, -0.1) is 0 Å². The van der Waals surface area contributed by atoms with Crippen molar-refractivity contribution in [2.45, 2.75) is 31.8 Å². The second kappa shape index (κ2) is 6.09. The number of likely N-dealkylation sites (N-methyl/N-ethyl adjacent to an activating group) is 1. The van der Waals surface area contributed by atoms with Gasteiger partial charge in [0.2, 0.25) is 0 Å². The fourth-order valence-corrected chi connectivity index (χ4v) is 2.18. The van der Waals surface area contributed by atoms with Gasteiger partial charge in [0, 0.05) is 36.4 Å². The summed E-state index contributed by atoms with van der Waals surface area (Å²) in [5.74, 6) is -0.382. The molecule has 0 saturated heterocycles. The molecule has 0 bridgehead atoms. The fraction of sp³-hybridized carbons (Fsp3) is 0.500. The maximum absolute atomic E-state index is 12.1. The van der Waals surface area contributed by atoms with Gasteiger partial charge in [-0.3, -0.25) is 19.8 Å². The van der Waals surface area contributed by atoms with Crippen LogP contribution in [-0.2, 0) is 0 Å². The van der Waals surface area contributed by atoms with E-state index in [4.69, 9.17) is 5.73 Å². The predicted octanol–water partition coefficient (Wildman–Crippen LogP) is 1.39. The van der Waals surface area contributed by atoms with Crippen LogP contribution in [0.2, 0.25) is 0 Å². The van der Waals surface area contributed by atoms with Crippen LogP contribution in [0.1, 0.15) is 30.1 Å². The molecule has 1 aromatic rings. The topological polar surface area (TPSA) is 101 Å². The molecule has 1 saturated carbocycles. The highest BCUT2D eigenvalue weighted by atomic mass is 16.6. The molecule has 114 valence electrons. The van der Waals surface area contributed by atoms with Crippen molar-refractivity contribution < 1.29 is 9.72 Å². The number of nitrogens with zero attached hydrogens (tertiary/aromatic N) is 2. The van der Waals surface area contributed by atoms with E-state index >= 15 is 0 Å². The molecule has 7 heteroatoms. The summed E-state index contributed by atoms with van der Waals surface area (Å²) in [6.07, 6.45) is 2.40. The van der Waals surface area contributed by atoms with Crippen molar-refractivity contribution in [3.8, 4) is 0 Å². The Bertz CT molecular complexity index is 557. The van der Waals surface area contributed by atoms with Crippen LogP contribution in [0, 0.1) is 10.1 Å². The number of hydrogen-bond donors (Lipinski definition) is 2. The maximum atomic E-state index is 12.1. The van der Waals surface area contributed by atoms with Crippen LogP contribution in [0.15, 0.2) is 18.2 Å². The summed E-state index contributed by atoms with van der Waals surface area (Å²) in [6.45, 7) is 2.52. The van der Waals surface area contributed by atoms with Gasteiger partial charge in [-0.1, -0.05) is 0 Å². The Labute approximate surface area is 123 Å². The molecule has 0 aromatic heterocycles. The normalized spacial score (nSPS) is 15.8. The van der Waals surface area contributed by atoms with Gasteiger partial charge in [0.05, 0.1) is 10.5 Å². The lowest BCUT2D eigenvalue weighted by atomic mass is 10.1. The summed E-state index contributed by atoms with van der Waals surface area (Å²) in [6, 6.07) is 4.70. The zero-order chi connectivity index (χ0) is 15.6. The molecule has 7 nitrogen and oxygen atoms in total. The maximum Gasteiger partial charge on any atom is 0.270 e. The van der Waals surface area contributed by atoms with Gasteiger partial charge in [0.25, 0.3) is 11.6 Å². The molecular weight excluding hydrogens is 272 g/mol. The van der Waals surface area contributed by atoms with Crippen LogP contribution in [0.4, 0.5) is 11.4 Å². The first-order valence-corrected chi connectivity index (χ1v) is 6.94. The first-order valence-electron chi connectivity index (χ1n) is 6.94. The van der Waals surface area contributed by atoms with E-state index in [0.717, 1.165) is 0 Å². The summed E-state index contributed by atoms with van der Waals surface area (Å²) >= 11 is 0. The zero-order valence-corrected chi connectivity index (χ0v) is 12.2. The van der Waals surface area contributed by atoms with E-state index in [2.05, 4.69) is 10.2 Å². The summed E-state index contributed by atoms with van der Waals surface area (Å²) in [5, 5.41) is 13.5. The van der Waals surface area contributed by atoms with E-state index in [9.17, 15) is 14.9 Å². The van der Waals surface area contributed by atoms with Crippen molar-refractivity contribution in [1.29, 1.82) is 0 Å². The van der Waals surface area contributed by atoms with Crippen LogP contribution < -0.4 is 11.1 Å². The number of nitro benzene ring substituents is 1. The molecular formula is C14H20N4O3. The van der Waals surface area contributed by atoms with Crippen LogP contribution >= 0.6 is 0 Å². The minimum Gasteiger partial charge on any atom is -0.398 e. The van der Waals surface area contributed by atoms with Crippen LogP contribution in [0.25, 0.3) is 0 Å². The van der Waals surface area contributed by atoms with Gasteiger partial charge < -0.3 is 11.1 Å².